The molecule has 1 aliphatic heterocycles. The van der Waals surface area contributed by atoms with Crippen LogP contribution in [0.2, 0.25) is 10.0 Å². The second-order valence-electron chi connectivity index (χ2n) is 5.75. The summed E-state index contributed by atoms with van der Waals surface area (Å²) in [5, 5.41) is 20.6. The highest BCUT2D eigenvalue weighted by molar-refractivity contribution is 6.47. The summed E-state index contributed by atoms with van der Waals surface area (Å²) in [5.41, 5.74) is 0.782. The zero-order valence-corrected chi connectivity index (χ0v) is 15.0. The van der Waals surface area contributed by atoms with E-state index < -0.39 is 17.7 Å². The molecule has 5 nitrogen and oxygen atoms in total. The van der Waals surface area contributed by atoms with Crippen LogP contribution in [0.15, 0.2) is 54.1 Å². The molecule has 0 radical (unpaired) electrons. The zero-order chi connectivity index (χ0) is 18.8. The smallest absolute Gasteiger partial charge is 0.295 e. The standard InChI is InChI=1S/C19H15Cl2NO4/c20-12-6-7-13(14(21)10-12)17(24)15-16(11-4-2-1-3-5-11)22(8-9-23)19(26)18(15)25/h1-7,10,16,23-24H,8-9H2/t16-/m1/s1. The Balaban J connectivity index is 2.21. The normalized spacial score (nSPS) is 19.2. The Kier molecular flexibility index (Phi) is 5.32. The molecule has 1 atom stereocenters. The molecule has 26 heavy (non-hydrogen) atoms. The molecular weight excluding hydrogens is 377 g/mol. The van der Waals surface area contributed by atoms with Crippen LogP contribution in [0.4, 0.5) is 0 Å². The fraction of sp³-hybridized carbons (Fsp3) is 0.158. The van der Waals surface area contributed by atoms with Crippen LogP contribution in [0.25, 0.3) is 5.76 Å². The molecule has 1 aliphatic rings. The average Bonchev–Trinajstić information content (AvgIpc) is 2.87. The predicted octanol–water partition coefficient (Wildman–Crippen LogP) is 3.41. The van der Waals surface area contributed by atoms with E-state index in [4.69, 9.17) is 23.2 Å². The van der Waals surface area contributed by atoms with Crippen molar-refractivity contribution in [2.45, 2.75) is 6.04 Å². The Morgan fingerprint density at radius 2 is 1.77 bits per heavy atom. The molecule has 0 bridgehead atoms. The lowest BCUT2D eigenvalue weighted by Crippen LogP contribution is -2.32. The van der Waals surface area contributed by atoms with E-state index in [1.54, 1.807) is 30.3 Å². The van der Waals surface area contributed by atoms with E-state index in [0.717, 1.165) is 0 Å². The number of ketones is 1. The SMILES string of the molecule is O=C1C(=O)N(CCO)[C@H](c2ccccc2)C1=C(O)c1ccc(Cl)cc1Cl. The van der Waals surface area contributed by atoms with Gasteiger partial charge in [-0.2, -0.15) is 0 Å². The Bertz CT molecular complexity index is 896. The molecule has 2 aromatic rings. The maximum atomic E-state index is 12.6. The van der Waals surface area contributed by atoms with Gasteiger partial charge >= 0.3 is 0 Å². The first-order valence-electron chi connectivity index (χ1n) is 7.85. The quantitative estimate of drug-likeness (QED) is 0.475. The number of carbonyl (C=O) groups excluding carboxylic acids is 2. The highest BCUT2D eigenvalue weighted by Gasteiger charge is 2.45. The highest BCUT2D eigenvalue weighted by atomic mass is 35.5. The van der Waals surface area contributed by atoms with E-state index in [9.17, 15) is 19.8 Å². The first kappa shape index (κ1) is 18.5. The third-order valence-corrected chi connectivity index (χ3v) is 4.73. The molecule has 1 amide bonds. The van der Waals surface area contributed by atoms with Crippen LogP contribution in [-0.2, 0) is 9.59 Å². The molecule has 134 valence electrons. The minimum absolute atomic E-state index is 0.0325. The second kappa shape index (κ2) is 7.50. The number of benzene rings is 2. The number of likely N-dealkylation sites (tertiary alicyclic amines) is 1. The van der Waals surface area contributed by atoms with Crippen molar-refractivity contribution in [2.24, 2.45) is 0 Å². The fourth-order valence-electron chi connectivity index (χ4n) is 3.03. The zero-order valence-electron chi connectivity index (χ0n) is 13.5. The first-order valence-corrected chi connectivity index (χ1v) is 8.61. The lowest BCUT2D eigenvalue weighted by Gasteiger charge is -2.24. The number of hydrogen-bond acceptors (Lipinski definition) is 4. The number of Topliss-reactive ketones (excluding diaryl/α,β-unsaturated/α-hetero) is 1. The van der Waals surface area contributed by atoms with Crippen LogP contribution in [0.1, 0.15) is 17.2 Å². The number of β-amino-alcohol motifs (C(OH)–C–C–N with tert-alkyl or cyclic N) is 1. The van der Waals surface area contributed by atoms with Crippen molar-refractivity contribution in [1.82, 2.24) is 4.90 Å². The number of rotatable bonds is 4. The monoisotopic (exact) mass is 391 g/mol. The number of carbonyl (C=O) groups is 2. The van der Waals surface area contributed by atoms with E-state index in [2.05, 4.69) is 0 Å². The fourth-order valence-corrected chi connectivity index (χ4v) is 3.52. The molecule has 2 N–H and O–H groups in total. The summed E-state index contributed by atoms with van der Waals surface area (Å²) >= 11 is 12.0. The van der Waals surface area contributed by atoms with Crippen LogP contribution in [-0.4, -0.2) is 40.0 Å². The second-order valence-corrected chi connectivity index (χ2v) is 6.59. The molecule has 1 fully saturated rings. The van der Waals surface area contributed by atoms with Gasteiger partial charge in [-0.3, -0.25) is 9.59 Å². The molecule has 1 saturated heterocycles. The molecule has 0 aliphatic carbocycles. The number of aliphatic hydroxyl groups is 2. The lowest BCUT2D eigenvalue weighted by atomic mass is 9.95. The molecule has 0 aromatic heterocycles. The molecule has 3 rings (SSSR count). The molecular formula is C19H15Cl2NO4. The maximum absolute atomic E-state index is 12.6. The van der Waals surface area contributed by atoms with Gasteiger partial charge in [-0.1, -0.05) is 53.5 Å². The minimum Gasteiger partial charge on any atom is -0.507 e. The van der Waals surface area contributed by atoms with Gasteiger partial charge in [0, 0.05) is 17.1 Å². The Morgan fingerprint density at radius 1 is 1.08 bits per heavy atom. The van der Waals surface area contributed by atoms with E-state index in [1.165, 1.54) is 23.1 Å². The minimum atomic E-state index is -0.823. The van der Waals surface area contributed by atoms with Gasteiger partial charge in [-0.05, 0) is 23.8 Å². The van der Waals surface area contributed by atoms with E-state index in [0.29, 0.717) is 10.6 Å². The molecule has 0 saturated carbocycles. The van der Waals surface area contributed by atoms with Gasteiger partial charge < -0.3 is 15.1 Å². The number of hydrogen-bond donors (Lipinski definition) is 2. The van der Waals surface area contributed by atoms with Crippen LogP contribution in [0.3, 0.4) is 0 Å². The summed E-state index contributed by atoms with van der Waals surface area (Å²) in [6.45, 7) is -0.340. The topological polar surface area (TPSA) is 77.8 Å². The van der Waals surface area contributed by atoms with Crippen LogP contribution in [0, 0.1) is 0 Å². The summed E-state index contributed by atoms with van der Waals surface area (Å²) in [6, 6.07) is 12.5. The molecule has 0 unspecified atom stereocenters. The van der Waals surface area contributed by atoms with Gasteiger partial charge in [0.2, 0.25) is 0 Å². The van der Waals surface area contributed by atoms with Crippen molar-refractivity contribution < 1.29 is 19.8 Å². The van der Waals surface area contributed by atoms with E-state index in [1.807, 2.05) is 0 Å². The number of aliphatic hydroxyl groups excluding tert-OH is 2. The third kappa shape index (κ3) is 3.21. The lowest BCUT2D eigenvalue weighted by molar-refractivity contribution is -0.140. The van der Waals surface area contributed by atoms with Crippen LogP contribution < -0.4 is 0 Å². The van der Waals surface area contributed by atoms with Crippen molar-refractivity contribution in [2.75, 3.05) is 13.2 Å². The molecule has 2 aromatic carbocycles. The van der Waals surface area contributed by atoms with Gasteiger partial charge in [-0.25, -0.2) is 0 Å². The summed E-state index contributed by atoms with van der Waals surface area (Å²) in [5.74, 6) is -1.98. The summed E-state index contributed by atoms with van der Waals surface area (Å²) in [6.07, 6.45) is 0. The third-order valence-electron chi connectivity index (χ3n) is 4.18. The highest BCUT2D eigenvalue weighted by Crippen LogP contribution is 2.40. The van der Waals surface area contributed by atoms with Crippen molar-refractivity contribution >= 4 is 40.7 Å². The summed E-state index contributed by atoms with van der Waals surface area (Å²) < 4.78 is 0. The average molecular weight is 392 g/mol. The van der Waals surface area contributed by atoms with Crippen molar-refractivity contribution in [3.8, 4) is 0 Å². The number of amides is 1. The summed E-state index contributed by atoms with van der Waals surface area (Å²) in [7, 11) is 0. The van der Waals surface area contributed by atoms with Crippen LogP contribution >= 0.6 is 23.2 Å². The molecule has 0 spiro atoms. The molecule has 1 heterocycles. The van der Waals surface area contributed by atoms with Crippen molar-refractivity contribution in [1.29, 1.82) is 0 Å². The largest absolute Gasteiger partial charge is 0.507 e. The van der Waals surface area contributed by atoms with Gasteiger partial charge in [0.05, 0.1) is 23.2 Å². The van der Waals surface area contributed by atoms with Gasteiger partial charge in [0.15, 0.2) is 0 Å². The van der Waals surface area contributed by atoms with E-state index in [-0.39, 0.29) is 35.1 Å². The van der Waals surface area contributed by atoms with Crippen LogP contribution in [0.5, 0.6) is 0 Å². The van der Waals surface area contributed by atoms with Crippen molar-refractivity contribution in [3.63, 3.8) is 0 Å². The Morgan fingerprint density at radius 3 is 2.38 bits per heavy atom. The van der Waals surface area contributed by atoms with Gasteiger partial charge in [0.25, 0.3) is 11.7 Å². The van der Waals surface area contributed by atoms with E-state index >= 15 is 0 Å². The first-order chi connectivity index (χ1) is 12.5. The predicted molar refractivity (Wildman–Crippen MR) is 99.0 cm³/mol. The molecule has 7 heteroatoms. The Labute approximate surface area is 160 Å². The van der Waals surface area contributed by atoms with Gasteiger partial charge in [0.1, 0.15) is 5.76 Å². The van der Waals surface area contributed by atoms with Gasteiger partial charge in [-0.15, -0.1) is 0 Å². The number of nitrogens with zero attached hydrogens (tertiary/aromatic N) is 1. The summed E-state index contributed by atoms with van der Waals surface area (Å²) in [4.78, 5) is 26.3. The maximum Gasteiger partial charge on any atom is 0.295 e. The van der Waals surface area contributed by atoms with Crippen molar-refractivity contribution in [3.05, 3.63) is 75.3 Å². The number of halogens is 2. The Hall–Kier alpha value is -2.34.